The lowest BCUT2D eigenvalue weighted by molar-refractivity contribution is -0.295. The van der Waals surface area contributed by atoms with Crippen LogP contribution in [-0.4, -0.2) is 115 Å². The van der Waals surface area contributed by atoms with Crippen LogP contribution in [0.5, 0.6) is 0 Å². The molecule has 1 fully saturated rings. The molecule has 0 unspecified atom stereocenters. The number of phosphoric acid groups is 1. The van der Waals surface area contributed by atoms with E-state index >= 15 is 0 Å². The Morgan fingerprint density at radius 2 is 1.82 bits per heavy atom. The summed E-state index contributed by atoms with van der Waals surface area (Å²) in [5.41, 5.74) is 0. The summed E-state index contributed by atoms with van der Waals surface area (Å²) in [5.74, 6) is -0.632. The number of carbonyl (C=O) groups excluding carboxylic acids is 1. The molecule has 0 spiro atoms. The standard InChI is InChI=1S/C13H26NO13P/c1-5(17)14-9-12(21)11(20)8(3-16)27-13(9)26-7(2-15)10(19)6(18)4-25-28(22,23)24/h6-13,15-16,18-21H,2-4H2,1H3,(H,14,17)(H2,22,23,24)/t6-,7+,8+,9+,10-,11+,12+,13+/m0/s1. The summed E-state index contributed by atoms with van der Waals surface area (Å²) in [4.78, 5) is 28.6. The van der Waals surface area contributed by atoms with Gasteiger partial charge in [0.2, 0.25) is 5.91 Å². The summed E-state index contributed by atoms with van der Waals surface area (Å²) in [5, 5.41) is 60.8. The molecule has 14 nitrogen and oxygen atoms in total. The van der Waals surface area contributed by atoms with Crippen LogP contribution in [0.15, 0.2) is 0 Å². The van der Waals surface area contributed by atoms with Gasteiger partial charge in [-0.1, -0.05) is 0 Å². The smallest absolute Gasteiger partial charge is 0.394 e. The van der Waals surface area contributed by atoms with Gasteiger partial charge in [0.25, 0.3) is 0 Å². The number of carbonyl (C=O) groups is 1. The summed E-state index contributed by atoms with van der Waals surface area (Å²) in [6.45, 7) is -1.53. The normalized spacial score (nSPS) is 31.8. The number of hydrogen-bond acceptors (Lipinski definition) is 11. The van der Waals surface area contributed by atoms with Gasteiger partial charge in [-0.05, 0) is 0 Å². The zero-order valence-corrected chi connectivity index (χ0v) is 15.7. The van der Waals surface area contributed by atoms with Crippen molar-refractivity contribution in [3.05, 3.63) is 0 Å². The van der Waals surface area contributed by atoms with Crippen molar-refractivity contribution in [2.45, 2.75) is 55.9 Å². The van der Waals surface area contributed by atoms with E-state index in [9.17, 15) is 40.0 Å². The number of phosphoric ester groups is 1. The van der Waals surface area contributed by atoms with Crippen molar-refractivity contribution in [2.75, 3.05) is 19.8 Å². The van der Waals surface area contributed by atoms with Crippen LogP contribution in [0.4, 0.5) is 0 Å². The molecule has 8 atom stereocenters. The molecule has 0 bridgehead atoms. The summed E-state index contributed by atoms with van der Waals surface area (Å²) >= 11 is 0. The molecule has 1 rings (SSSR count). The van der Waals surface area contributed by atoms with E-state index in [0.717, 1.165) is 6.92 Å². The molecule has 0 saturated carbocycles. The minimum absolute atomic E-state index is 0.632. The number of nitrogens with one attached hydrogen (secondary N) is 1. The summed E-state index contributed by atoms with van der Waals surface area (Å²) in [7, 11) is -4.92. The van der Waals surface area contributed by atoms with Gasteiger partial charge >= 0.3 is 7.82 Å². The van der Waals surface area contributed by atoms with Gasteiger partial charge in [0, 0.05) is 6.92 Å². The van der Waals surface area contributed by atoms with Crippen LogP contribution in [0.1, 0.15) is 6.92 Å². The number of amides is 1. The predicted molar refractivity (Wildman–Crippen MR) is 87.3 cm³/mol. The van der Waals surface area contributed by atoms with Crippen LogP contribution in [0.3, 0.4) is 0 Å². The maximum Gasteiger partial charge on any atom is 0.469 e. The summed E-state index contributed by atoms with van der Waals surface area (Å²) in [6, 6.07) is -1.36. The highest BCUT2D eigenvalue weighted by Gasteiger charge is 2.47. The van der Waals surface area contributed by atoms with E-state index in [4.69, 9.17) is 19.3 Å². The third kappa shape index (κ3) is 7.26. The van der Waals surface area contributed by atoms with Gasteiger partial charge < -0.3 is 55.2 Å². The van der Waals surface area contributed by atoms with Gasteiger partial charge in [-0.15, -0.1) is 0 Å². The average Bonchev–Trinajstić information content (AvgIpc) is 2.61. The van der Waals surface area contributed by atoms with Gasteiger partial charge in [0.15, 0.2) is 6.29 Å². The first-order chi connectivity index (χ1) is 12.9. The molecule has 0 radical (unpaired) electrons. The molecule has 1 aliphatic heterocycles. The number of ether oxygens (including phenoxy) is 2. The minimum atomic E-state index is -4.92. The quantitative estimate of drug-likeness (QED) is 0.147. The number of hydrogen-bond donors (Lipinski definition) is 9. The Morgan fingerprint density at radius 3 is 2.29 bits per heavy atom. The molecule has 15 heteroatoms. The highest BCUT2D eigenvalue weighted by molar-refractivity contribution is 7.46. The van der Waals surface area contributed by atoms with Gasteiger partial charge in [-0.3, -0.25) is 9.32 Å². The molecule has 28 heavy (non-hydrogen) atoms. The second kappa shape index (κ2) is 10.9. The molecule has 1 amide bonds. The molecular weight excluding hydrogens is 409 g/mol. The molecule has 0 aromatic rings. The van der Waals surface area contributed by atoms with E-state index < -0.39 is 82.5 Å². The topological polar surface area (TPSA) is 236 Å². The van der Waals surface area contributed by atoms with Crippen LogP contribution in [-0.2, 0) is 23.4 Å². The van der Waals surface area contributed by atoms with Gasteiger partial charge in [-0.2, -0.15) is 0 Å². The second-order valence-electron chi connectivity index (χ2n) is 6.13. The van der Waals surface area contributed by atoms with Crippen molar-refractivity contribution >= 4 is 13.7 Å². The van der Waals surface area contributed by atoms with E-state index in [-0.39, 0.29) is 0 Å². The lowest BCUT2D eigenvalue weighted by atomic mass is 9.96. The van der Waals surface area contributed by atoms with Crippen LogP contribution in [0.2, 0.25) is 0 Å². The molecule has 0 aromatic heterocycles. The van der Waals surface area contributed by atoms with Crippen LogP contribution >= 0.6 is 7.82 Å². The Balaban J connectivity index is 2.90. The minimum Gasteiger partial charge on any atom is -0.394 e. The van der Waals surface area contributed by atoms with E-state index in [1.807, 2.05) is 0 Å². The Morgan fingerprint density at radius 1 is 1.21 bits per heavy atom. The predicted octanol–water partition coefficient (Wildman–Crippen LogP) is -4.86. The molecule has 9 N–H and O–H groups in total. The first kappa shape index (κ1) is 25.3. The van der Waals surface area contributed by atoms with Gasteiger partial charge in [0.05, 0.1) is 19.8 Å². The third-order valence-corrected chi connectivity index (χ3v) is 4.41. The molecule has 166 valence electrons. The first-order valence-corrected chi connectivity index (χ1v) is 9.66. The van der Waals surface area contributed by atoms with Gasteiger partial charge in [0.1, 0.15) is 42.7 Å². The van der Waals surface area contributed by atoms with Crippen LogP contribution in [0, 0.1) is 0 Å². The highest BCUT2D eigenvalue weighted by Crippen LogP contribution is 2.36. The number of aliphatic hydroxyl groups is 6. The van der Waals surface area contributed by atoms with Crippen molar-refractivity contribution in [1.82, 2.24) is 5.32 Å². The molecule has 1 saturated heterocycles. The van der Waals surface area contributed by atoms with Crippen molar-refractivity contribution in [2.24, 2.45) is 0 Å². The Bertz CT molecular complexity index is 545. The third-order valence-electron chi connectivity index (χ3n) is 3.93. The molecule has 1 heterocycles. The second-order valence-corrected chi connectivity index (χ2v) is 7.37. The maximum atomic E-state index is 11.3. The van der Waals surface area contributed by atoms with E-state index in [1.165, 1.54) is 0 Å². The fourth-order valence-electron chi connectivity index (χ4n) is 2.51. The number of aliphatic hydroxyl groups excluding tert-OH is 6. The fourth-order valence-corrected chi connectivity index (χ4v) is 2.86. The molecule has 1 aliphatic rings. The molecular formula is C13H26NO13P. The molecule has 0 aromatic carbocycles. The van der Waals surface area contributed by atoms with Crippen LogP contribution < -0.4 is 5.32 Å². The maximum absolute atomic E-state index is 11.3. The Labute approximate surface area is 159 Å². The zero-order valence-electron chi connectivity index (χ0n) is 14.8. The summed E-state index contributed by atoms with van der Waals surface area (Å²) in [6.07, 6.45) is -11.5. The monoisotopic (exact) mass is 435 g/mol. The highest BCUT2D eigenvalue weighted by atomic mass is 31.2. The first-order valence-electron chi connectivity index (χ1n) is 8.13. The van der Waals surface area contributed by atoms with E-state index in [0.29, 0.717) is 0 Å². The van der Waals surface area contributed by atoms with E-state index in [1.54, 1.807) is 0 Å². The Kier molecular flexibility index (Phi) is 9.82. The Hall–Kier alpha value is -0.740. The van der Waals surface area contributed by atoms with Gasteiger partial charge in [-0.25, -0.2) is 4.57 Å². The van der Waals surface area contributed by atoms with Crippen molar-refractivity contribution in [3.8, 4) is 0 Å². The van der Waals surface area contributed by atoms with Crippen molar-refractivity contribution < 1.29 is 63.8 Å². The SMILES string of the molecule is CC(=O)N[C@H]1[C@H](O[C@H](CO)[C@@H](O)[C@@H](O)COP(=O)(O)O)O[C@H](CO)[C@@H](O)[C@@H]1O. The van der Waals surface area contributed by atoms with Crippen molar-refractivity contribution in [1.29, 1.82) is 0 Å². The van der Waals surface area contributed by atoms with Crippen molar-refractivity contribution in [3.63, 3.8) is 0 Å². The summed E-state index contributed by atoms with van der Waals surface area (Å²) < 4.78 is 25.3. The lowest BCUT2D eigenvalue weighted by Crippen LogP contribution is -2.65. The lowest BCUT2D eigenvalue weighted by Gasteiger charge is -2.43. The van der Waals surface area contributed by atoms with E-state index in [2.05, 4.69) is 9.84 Å². The van der Waals surface area contributed by atoms with Crippen LogP contribution in [0.25, 0.3) is 0 Å². The number of rotatable bonds is 10. The molecule has 0 aliphatic carbocycles. The average molecular weight is 435 g/mol. The largest absolute Gasteiger partial charge is 0.469 e. The zero-order chi connectivity index (χ0) is 21.6. The fraction of sp³-hybridized carbons (Fsp3) is 0.923.